The molecule has 0 bridgehead atoms. The van der Waals surface area contributed by atoms with Gasteiger partial charge in [-0.3, -0.25) is 4.79 Å². The van der Waals surface area contributed by atoms with Crippen LogP contribution in [0.15, 0.2) is 18.2 Å². The number of hydrogen-bond donors (Lipinski definition) is 2. The van der Waals surface area contributed by atoms with Gasteiger partial charge in [0.05, 0.1) is 18.1 Å². The average molecular weight is 247 g/mol. The minimum Gasteiger partial charge on any atom is -0.490 e. The zero-order valence-corrected chi connectivity index (χ0v) is 9.26. The molecule has 6 heteroatoms. The van der Waals surface area contributed by atoms with Crippen LogP contribution >= 0.6 is 11.6 Å². The van der Waals surface area contributed by atoms with Crippen LogP contribution in [0.25, 0.3) is 0 Å². The topological polar surface area (TPSA) is 64.4 Å². The Labute approximate surface area is 97.5 Å². The summed E-state index contributed by atoms with van der Waals surface area (Å²) in [5.74, 6) is -0.298. The second-order valence-corrected chi connectivity index (χ2v) is 3.38. The van der Waals surface area contributed by atoms with Crippen molar-refractivity contribution in [3.05, 3.63) is 29.0 Å². The molecule has 0 heterocycles. The maximum atomic E-state index is 12.7. The summed E-state index contributed by atoms with van der Waals surface area (Å²) in [4.78, 5) is 10.8. The Balaban J connectivity index is 2.35. The van der Waals surface area contributed by atoms with Crippen molar-refractivity contribution >= 4 is 17.5 Å². The molecule has 88 valence electrons. The Morgan fingerprint density at radius 3 is 2.94 bits per heavy atom. The molecule has 3 N–H and O–H groups in total. The zero-order chi connectivity index (χ0) is 12.0. The van der Waals surface area contributed by atoms with Crippen molar-refractivity contribution in [1.29, 1.82) is 0 Å². The van der Waals surface area contributed by atoms with Crippen molar-refractivity contribution in [3.63, 3.8) is 0 Å². The summed E-state index contributed by atoms with van der Waals surface area (Å²) in [7, 11) is 0. The van der Waals surface area contributed by atoms with Crippen LogP contribution in [0.1, 0.15) is 0 Å². The molecule has 0 fully saturated rings. The largest absolute Gasteiger partial charge is 0.490 e. The Kier molecular flexibility index (Phi) is 5.01. The predicted octanol–water partition coefficient (Wildman–Crippen LogP) is 0.933. The number of carbonyl (C=O) groups excluding carboxylic acids is 1. The molecule has 0 unspecified atom stereocenters. The van der Waals surface area contributed by atoms with Crippen LogP contribution in [0, 0.1) is 5.82 Å². The molecule has 16 heavy (non-hydrogen) atoms. The molecule has 0 aromatic heterocycles. The second kappa shape index (κ2) is 6.30. The summed E-state index contributed by atoms with van der Waals surface area (Å²) in [6, 6.07) is 3.84. The molecule has 0 radical (unpaired) electrons. The number of rotatable bonds is 5. The highest BCUT2D eigenvalue weighted by Crippen LogP contribution is 2.24. The Hall–Kier alpha value is -1.33. The number of halogens is 2. The molecule has 0 aliphatic carbocycles. The SMILES string of the molecule is NCC(=O)NCCOc1ccc(F)cc1Cl. The standard InChI is InChI=1S/C10H12ClFN2O2/c11-8-5-7(12)1-2-9(8)16-4-3-14-10(15)6-13/h1-2,5H,3-4,6,13H2,(H,14,15). The van der Waals surface area contributed by atoms with Crippen LogP contribution in [0.3, 0.4) is 0 Å². The van der Waals surface area contributed by atoms with Crippen molar-refractivity contribution in [3.8, 4) is 5.75 Å². The number of ether oxygens (including phenoxy) is 1. The van der Waals surface area contributed by atoms with Crippen molar-refractivity contribution in [2.24, 2.45) is 5.73 Å². The fraction of sp³-hybridized carbons (Fsp3) is 0.300. The van der Waals surface area contributed by atoms with E-state index in [2.05, 4.69) is 5.32 Å². The van der Waals surface area contributed by atoms with Crippen LogP contribution in [-0.4, -0.2) is 25.6 Å². The fourth-order valence-corrected chi connectivity index (χ4v) is 1.24. The molecular formula is C10H12ClFN2O2. The number of nitrogens with one attached hydrogen (secondary N) is 1. The van der Waals surface area contributed by atoms with E-state index in [0.717, 1.165) is 6.07 Å². The molecule has 1 aromatic rings. The van der Waals surface area contributed by atoms with Gasteiger partial charge in [0.15, 0.2) is 0 Å². The molecule has 0 saturated heterocycles. The summed E-state index contributed by atoms with van der Waals surface area (Å²) >= 11 is 5.73. The summed E-state index contributed by atoms with van der Waals surface area (Å²) < 4.78 is 17.9. The van der Waals surface area contributed by atoms with Gasteiger partial charge in [0.25, 0.3) is 0 Å². The van der Waals surface area contributed by atoms with Gasteiger partial charge in [0.2, 0.25) is 5.91 Å². The number of nitrogens with two attached hydrogens (primary N) is 1. The van der Waals surface area contributed by atoms with E-state index >= 15 is 0 Å². The molecule has 0 atom stereocenters. The number of benzene rings is 1. The van der Waals surface area contributed by atoms with Crippen LogP contribution in [0.4, 0.5) is 4.39 Å². The van der Waals surface area contributed by atoms with Gasteiger partial charge < -0.3 is 15.8 Å². The van der Waals surface area contributed by atoms with Gasteiger partial charge in [-0.05, 0) is 18.2 Å². The summed E-state index contributed by atoms with van der Waals surface area (Å²) in [5.41, 5.74) is 5.09. The van der Waals surface area contributed by atoms with E-state index in [-0.39, 0.29) is 24.1 Å². The summed E-state index contributed by atoms with van der Waals surface area (Å²) in [6.07, 6.45) is 0. The van der Waals surface area contributed by atoms with Crippen molar-refractivity contribution in [2.75, 3.05) is 19.7 Å². The number of amides is 1. The van der Waals surface area contributed by atoms with E-state index in [1.54, 1.807) is 0 Å². The lowest BCUT2D eigenvalue weighted by Crippen LogP contribution is -2.33. The quantitative estimate of drug-likeness (QED) is 0.760. The predicted molar refractivity (Wildman–Crippen MR) is 59.0 cm³/mol. The lowest BCUT2D eigenvalue weighted by atomic mass is 10.3. The van der Waals surface area contributed by atoms with Crippen molar-refractivity contribution < 1.29 is 13.9 Å². The first kappa shape index (κ1) is 12.7. The van der Waals surface area contributed by atoms with Crippen molar-refractivity contribution in [1.82, 2.24) is 5.32 Å². The summed E-state index contributed by atoms with van der Waals surface area (Å²) in [5, 5.41) is 2.73. The monoisotopic (exact) mass is 246 g/mol. The highest BCUT2D eigenvalue weighted by atomic mass is 35.5. The van der Waals surface area contributed by atoms with Crippen LogP contribution in [0.2, 0.25) is 5.02 Å². The molecule has 4 nitrogen and oxygen atoms in total. The van der Waals surface area contributed by atoms with Gasteiger partial charge >= 0.3 is 0 Å². The van der Waals surface area contributed by atoms with Gasteiger partial charge in [0.1, 0.15) is 18.2 Å². The highest BCUT2D eigenvalue weighted by Gasteiger charge is 2.03. The van der Waals surface area contributed by atoms with Crippen LogP contribution < -0.4 is 15.8 Å². The van der Waals surface area contributed by atoms with Crippen molar-refractivity contribution in [2.45, 2.75) is 0 Å². The lowest BCUT2D eigenvalue weighted by molar-refractivity contribution is -0.119. The third-order valence-electron chi connectivity index (χ3n) is 1.76. The fourth-order valence-electron chi connectivity index (χ4n) is 1.02. The Bertz CT molecular complexity index is 374. The molecule has 0 aliphatic rings. The van der Waals surface area contributed by atoms with E-state index in [4.69, 9.17) is 22.1 Å². The molecule has 0 spiro atoms. The van der Waals surface area contributed by atoms with E-state index in [1.165, 1.54) is 12.1 Å². The molecular weight excluding hydrogens is 235 g/mol. The lowest BCUT2D eigenvalue weighted by Gasteiger charge is -2.08. The smallest absolute Gasteiger partial charge is 0.233 e. The maximum absolute atomic E-state index is 12.7. The third-order valence-corrected chi connectivity index (χ3v) is 2.06. The van der Waals surface area contributed by atoms with Gasteiger partial charge in [-0.15, -0.1) is 0 Å². The van der Waals surface area contributed by atoms with Crippen LogP contribution in [-0.2, 0) is 4.79 Å². The first-order valence-electron chi connectivity index (χ1n) is 4.68. The van der Waals surface area contributed by atoms with E-state index < -0.39 is 5.82 Å². The maximum Gasteiger partial charge on any atom is 0.233 e. The van der Waals surface area contributed by atoms with Gasteiger partial charge in [0, 0.05) is 0 Å². The molecule has 1 aromatic carbocycles. The number of carbonyl (C=O) groups is 1. The van der Waals surface area contributed by atoms with E-state index in [9.17, 15) is 9.18 Å². The van der Waals surface area contributed by atoms with Crippen LogP contribution in [0.5, 0.6) is 5.75 Å². The minimum atomic E-state index is -0.422. The molecule has 1 rings (SSSR count). The number of hydrogen-bond acceptors (Lipinski definition) is 3. The minimum absolute atomic E-state index is 0.0582. The first-order valence-corrected chi connectivity index (χ1v) is 5.06. The molecule has 1 amide bonds. The highest BCUT2D eigenvalue weighted by molar-refractivity contribution is 6.32. The Morgan fingerprint density at radius 1 is 1.56 bits per heavy atom. The second-order valence-electron chi connectivity index (χ2n) is 2.98. The van der Waals surface area contributed by atoms with Gasteiger partial charge in [-0.25, -0.2) is 4.39 Å². The average Bonchev–Trinajstić information content (AvgIpc) is 2.26. The summed E-state index contributed by atoms with van der Waals surface area (Å²) in [6.45, 7) is 0.512. The molecule has 0 saturated carbocycles. The molecule has 0 aliphatic heterocycles. The van der Waals surface area contributed by atoms with Gasteiger partial charge in [-0.1, -0.05) is 11.6 Å². The normalized spacial score (nSPS) is 9.94. The van der Waals surface area contributed by atoms with E-state index in [1.807, 2.05) is 0 Å². The first-order chi connectivity index (χ1) is 7.63. The Morgan fingerprint density at radius 2 is 2.31 bits per heavy atom. The third kappa shape index (κ3) is 4.04. The van der Waals surface area contributed by atoms with Gasteiger partial charge in [-0.2, -0.15) is 0 Å². The van der Waals surface area contributed by atoms with E-state index in [0.29, 0.717) is 12.3 Å². The zero-order valence-electron chi connectivity index (χ0n) is 8.50.